The first-order valence-corrected chi connectivity index (χ1v) is 6.47. The molecule has 0 unspecified atom stereocenters. The molecule has 8 heteroatoms. The first-order valence-electron chi connectivity index (χ1n) is 5.71. The summed E-state index contributed by atoms with van der Waals surface area (Å²) < 4.78 is 5.45. The Hall–Kier alpha value is -2.80. The number of nitro groups is 1. The van der Waals surface area contributed by atoms with Gasteiger partial charge in [0.1, 0.15) is 34.3 Å². The maximum atomic E-state index is 10.8. The second-order valence-electron chi connectivity index (χ2n) is 4.02. The molecule has 0 amide bonds. The van der Waals surface area contributed by atoms with Crippen LogP contribution in [-0.2, 0) is 0 Å². The maximum Gasteiger partial charge on any atom is 0.289 e. The molecule has 0 saturated carbocycles. The lowest BCUT2D eigenvalue weighted by molar-refractivity contribution is -0.384. The zero-order chi connectivity index (χ0) is 16.3. The molecule has 2 aromatic rings. The van der Waals surface area contributed by atoms with Crippen molar-refractivity contribution in [3.8, 4) is 23.5 Å². The molecule has 22 heavy (non-hydrogen) atoms. The Morgan fingerprint density at radius 2 is 1.91 bits per heavy atom. The summed E-state index contributed by atoms with van der Waals surface area (Å²) in [5.74, 6) is 0.585. The highest BCUT2D eigenvalue weighted by molar-refractivity contribution is 6.36. The van der Waals surface area contributed by atoms with Crippen molar-refractivity contribution < 1.29 is 9.34 Å². The van der Waals surface area contributed by atoms with E-state index in [0.29, 0.717) is 11.3 Å². The van der Waals surface area contributed by atoms with E-state index in [2.05, 4.69) is 0 Å². The number of rotatable bonds is 3. The number of nitro benzene ring substituents is 1. The van der Waals surface area contributed by atoms with Crippen molar-refractivity contribution in [3.05, 3.63) is 55.8 Å². The van der Waals surface area contributed by atoms with E-state index >= 15 is 0 Å². The van der Waals surface area contributed by atoms with Crippen LogP contribution in [0.3, 0.4) is 0 Å². The highest BCUT2D eigenvalue weighted by atomic mass is 35.5. The molecule has 0 aliphatic heterocycles. The van der Waals surface area contributed by atoms with E-state index in [9.17, 15) is 10.1 Å². The van der Waals surface area contributed by atoms with Crippen molar-refractivity contribution in [1.82, 2.24) is 0 Å². The van der Waals surface area contributed by atoms with Gasteiger partial charge in [-0.25, -0.2) is 0 Å². The van der Waals surface area contributed by atoms with Gasteiger partial charge in [0.15, 0.2) is 0 Å². The number of halogens is 2. The minimum Gasteiger partial charge on any atom is -0.457 e. The van der Waals surface area contributed by atoms with Crippen molar-refractivity contribution in [2.75, 3.05) is 0 Å². The van der Waals surface area contributed by atoms with Crippen LogP contribution in [0, 0.1) is 32.8 Å². The summed E-state index contributed by atoms with van der Waals surface area (Å²) in [5.41, 5.74) is -0.0561. The summed E-state index contributed by atoms with van der Waals surface area (Å²) >= 11 is 11.8. The molecule has 0 atom stereocenters. The lowest BCUT2D eigenvalue weighted by Gasteiger charge is -2.02. The van der Waals surface area contributed by atoms with Crippen LogP contribution in [-0.4, -0.2) is 4.92 Å². The molecule has 6 nitrogen and oxygen atoms in total. The number of furan rings is 1. The molecule has 0 fully saturated rings. The monoisotopic (exact) mass is 333 g/mol. The van der Waals surface area contributed by atoms with Crippen LogP contribution < -0.4 is 0 Å². The fraction of sp³-hybridized carbons (Fsp3) is 0. The Balaban J connectivity index is 2.47. The first-order chi connectivity index (χ1) is 10.5. The Bertz CT molecular complexity index is 856. The summed E-state index contributed by atoms with van der Waals surface area (Å²) in [6, 6.07) is 8.96. The van der Waals surface area contributed by atoms with Gasteiger partial charge >= 0.3 is 0 Å². The maximum absolute atomic E-state index is 10.8. The van der Waals surface area contributed by atoms with Crippen molar-refractivity contribution >= 4 is 35.0 Å². The highest BCUT2D eigenvalue weighted by Gasteiger charge is 2.18. The predicted octanol–water partition coefficient (Wildman–Crippen LogP) is 4.59. The fourth-order valence-electron chi connectivity index (χ4n) is 1.67. The number of allylic oxidation sites excluding steroid dienone is 1. The second-order valence-corrected chi connectivity index (χ2v) is 4.84. The molecule has 1 heterocycles. The third-order valence-corrected chi connectivity index (χ3v) is 3.27. The van der Waals surface area contributed by atoms with Crippen LogP contribution in [0.5, 0.6) is 0 Å². The van der Waals surface area contributed by atoms with Gasteiger partial charge < -0.3 is 4.42 Å². The minimum atomic E-state index is -0.638. The summed E-state index contributed by atoms with van der Waals surface area (Å²) in [5, 5.41) is 28.2. The van der Waals surface area contributed by atoms with E-state index in [1.54, 1.807) is 18.2 Å². The third kappa shape index (κ3) is 3.09. The quantitative estimate of drug-likeness (QED) is 0.464. The number of benzene rings is 1. The molecule has 0 spiro atoms. The van der Waals surface area contributed by atoms with Gasteiger partial charge in [0.25, 0.3) is 5.69 Å². The van der Waals surface area contributed by atoms with Gasteiger partial charge in [0.05, 0.1) is 9.95 Å². The van der Waals surface area contributed by atoms with Gasteiger partial charge in [-0.1, -0.05) is 23.2 Å². The molecule has 0 bridgehead atoms. The molecule has 0 aliphatic carbocycles. The van der Waals surface area contributed by atoms with E-state index in [1.165, 1.54) is 18.2 Å². The second kappa shape index (κ2) is 6.31. The number of hydrogen-bond acceptors (Lipinski definition) is 5. The summed E-state index contributed by atoms with van der Waals surface area (Å²) in [4.78, 5) is 10.1. The van der Waals surface area contributed by atoms with E-state index < -0.39 is 4.92 Å². The molecule has 0 aliphatic rings. The molecule has 108 valence electrons. The Morgan fingerprint density at radius 1 is 1.23 bits per heavy atom. The number of nitriles is 2. The molecule has 2 rings (SSSR count). The molecule has 1 aromatic heterocycles. The van der Waals surface area contributed by atoms with Gasteiger partial charge in [-0.3, -0.25) is 10.1 Å². The standard InChI is InChI=1S/C14H5Cl2N3O3/c15-11-5-13(19(20)21)12(16)4-10(11)14-2-1-9(22-14)3-8(6-17)7-18/h1-5H. The Kier molecular flexibility index (Phi) is 4.47. The lowest BCUT2D eigenvalue weighted by atomic mass is 10.1. The van der Waals surface area contributed by atoms with Crippen LogP contribution in [0.15, 0.2) is 34.3 Å². The number of nitrogens with zero attached hydrogens (tertiary/aromatic N) is 3. The zero-order valence-electron chi connectivity index (χ0n) is 10.7. The molecular weight excluding hydrogens is 329 g/mol. The summed E-state index contributed by atoms with van der Waals surface area (Å²) in [6.45, 7) is 0. The topological polar surface area (TPSA) is 104 Å². The van der Waals surface area contributed by atoms with Gasteiger partial charge in [0, 0.05) is 17.7 Å². The lowest BCUT2D eigenvalue weighted by Crippen LogP contribution is -1.90. The third-order valence-electron chi connectivity index (χ3n) is 2.65. The van der Waals surface area contributed by atoms with Gasteiger partial charge in [0.2, 0.25) is 0 Å². The fourth-order valence-corrected chi connectivity index (χ4v) is 2.16. The van der Waals surface area contributed by atoms with Gasteiger partial charge in [-0.15, -0.1) is 0 Å². The number of hydrogen-bond donors (Lipinski definition) is 0. The zero-order valence-corrected chi connectivity index (χ0v) is 12.2. The van der Waals surface area contributed by atoms with E-state index in [-0.39, 0.29) is 27.1 Å². The smallest absolute Gasteiger partial charge is 0.289 e. The average molecular weight is 334 g/mol. The van der Waals surface area contributed by atoms with Crippen molar-refractivity contribution in [2.45, 2.75) is 0 Å². The molecule has 0 N–H and O–H groups in total. The van der Waals surface area contributed by atoms with Crippen molar-refractivity contribution in [2.24, 2.45) is 0 Å². The van der Waals surface area contributed by atoms with Crippen LogP contribution in [0.2, 0.25) is 10.0 Å². The van der Waals surface area contributed by atoms with E-state index in [1.807, 2.05) is 0 Å². The first kappa shape index (κ1) is 15.6. The van der Waals surface area contributed by atoms with Gasteiger partial charge in [-0.2, -0.15) is 10.5 Å². The molecular formula is C14H5Cl2N3O3. The Morgan fingerprint density at radius 3 is 2.50 bits per heavy atom. The van der Waals surface area contributed by atoms with E-state index in [4.69, 9.17) is 38.1 Å². The van der Waals surface area contributed by atoms with E-state index in [0.717, 1.165) is 6.07 Å². The van der Waals surface area contributed by atoms with Crippen molar-refractivity contribution in [3.63, 3.8) is 0 Å². The van der Waals surface area contributed by atoms with Crippen LogP contribution in [0.25, 0.3) is 17.4 Å². The normalized spacial score (nSPS) is 9.64. The molecule has 1 aromatic carbocycles. The van der Waals surface area contributed by atoms with Crippen LogP contribution in [0.4, 0.5) is 5.69 Å². The predicted molar refractivity (Wildman–Crippen MR) is 80.0 cm³/mol. The summed E-state index contributed by atoms with van der Waals surface area (Å²) in [6.07, 6.45) is 1.27. The minimum absolute atomic E-state index is 0.0763. The van der Waals surface area contributed by atoms with Crippen molar-refractivity contribution in [1.29, 1.82) is 10.5 Å². The Labute approximate surface area is 134 Å². The summed E-state index contributed by atoms with van der Waals surface area (Å²) in [7, 11) is 0. The SMILES string of the molecule is N#CC(C#N)=Cc1ccc(-c2cc(Cl)c([N+](=O)[O-])cc2Cl)o1. The molecule has 0 saturated heterocycles. The van der Waals surface area contributed by atoms with Crippen LogP contribution in [0.1, 0.15) is 5.76 Å². The van der Waals surface area contributed by atoms with Crippen LogP contribution >= 0.6 is 23.2 Å². The average Bonchev–Trinajstić information content (AvgIpc) is 2.94. The largest absolute Gasteiger partial charge is 0.457 e. The highest BCUT2D eigenvalue weighted by Crippen LogP contribution is 2.37. The molecule has 0 radical (unpaired) electrons. The van der Waals surface area contributed by atoms with Gasteiger partial charge in [-0.05, 0) is 18.2 Å².